The van der Waals surface area contributed by atoms with Crippen LogP contribution < -0.4 is 0 Å². The number of methoxy groups -OCH3 is 1. The van der Waals surface area contributed by atoms with Crippen LogP contribution >= 0.6 is 0 Å². The Balaban J connectivity index is 1.48. The average molecular weight is 252 g/mol. The Hall–Kier alpha value is -1.10. The molecule has 1 saturated heterocycles. The Morgan fingerprint density at radius 1 is 1.06 bits per heavy atom. The maximum absolute atomic E-state index is 12.2. The summed E-state index contributed by atoms with van der Waals surface area (Å²) in [5, 5.41) is 0. The maximum Gasteiger partial charge on any atom is 0.309 e. The number of carbonyl (C=O) groups is 2. The van der Waals surface area contributed by atoms with Crippen molar-refractivity contribution < 1.29 is 14.3 Å². The summed E-state index contributed by atoms with van der Waals surface area (Å²) in [5.74, 6) is -0.361. The second kappa shape index (κ2) is 4.53. The lowest BCUT2D eigenvalue weighted by Gasteiger charge is -2.35. The van der Waals surface area contributed by atoms with E-state index in [1.807, 2.05) is 4.90 Å². The Morgan fingerprint density at radius 2 is 1.72 bits per heavy atom. The van der Waals surface area contributed by atoms with E-state index in [-0.39, 0.29) is 23.7 Å². The fourth-order valence-corrected chi connectivity index (χ4v) is 2.86. The highest BCUT2D eigenvalue weighted by atomic mass is 16.5. The van der Waals surface area contributed by atoms with Gasteiger partial charge in [-0.05, 0) is 19.3 Å². The van der Waals surface area contributed by atoms with Gasteiger partial charge in [-0.2, -0.15) is 0 Å². The molecule has 1 aliphatic heterocycles. The lowest BCUT2D eigenvalue weighted by molar-refractivity contribution is -0.145. The summed E-state index contributed by atoms with van der Waals surface area (Å²) in [6.07, 6.45) is 3.32. The first-order chi connectivity index (χ1) is 8.70. The number of ether oxygens (including phenoxy) is 1. The molecule has 3 fully saturated rings. The molecule has 1 heterocycles. The number of piperazine rings is 1. The molecule has 0 unspecified atom stereocenters. The van der Waals surface area contributed by atoms with E-state index in [2.05, 4.69) is 9.64 Å². The van der Waals surface area contributed by atoms with Crippen molar-refractivity contribution in [2.75, 3.05) is 33.3 Å². The van der Waals surface area contributed by atoms with Gasteiger partial charge in [-0.15, -0.1) is 0 Å². The summed E-state index contributed by atoms with van der Waals surface area (Å²) in [4.78, 5) is 27.9. The molecule has 0 aromatic rings. The zero-order chi connectivity index (χ0) is 12.7. The Labute approximate surface area is 107 Å². The molecule has 100 valence electrons. The predicted molar refractivity (Wildman–Crippen MR) is 64.8 cm³/mol. The zero-order valence-corrected chi connectivity index (χ0v) is 10.8. The van der Waals surface area contributed by atoms with E-state index < -0.39 is 0 Å². The third-order valence-corrected chi connectivity index (χ3v) is 4.30. The van der Waals surface area contributed by atoms with Crippen LogP contribution in [0.3, 0.4) is 0 Å². The van der Waals surface area contributed by atoms with Crippen LogP contribution in [0.25, 0.3) is 0 Å². The summed E-state index contributed by atoms with van der Waals surface area (Å²) in [6, 6.07) is 0.783. The minimum absolute atomic E-state index is 0.107. The lowest BCUT2D eigenvalue weighted by Crippen LogP contribution is -2.50. The molecule has 3 rings (SSSR count). The van der Waals surface area contributed by atoms with Crippen LogP contribution in [0.4, 0.5) is 0 Å². The molecule has 0 N–H and O–H groups in total. The molecule has 5 nitrogen and oxygen atoms in total. The van der Waals surface area contributed by atoms with Crippen molar-refractivity contribution in [3.63, 3.8) is 0 Å². The molecule has 0 aromatic heterocycles. The van der Waals surface area contributed by atoms with Crippen molar-refractivity contribution >= 4 is 11.9 Å². The van der Waals surface area contributed by atoms with Crippen molar-refractivity contribution in [3.8, 4) is 0 Å². The quantitative estimate of drug-likeness (QED) is 0.669. The third-order valence-electron chi connectivity index (χ3n) is 4.30. The molecule has 0 bridgehead atoms. The molecule has 18 heavy (non-hydrogen) atoms. The first kappa shape index (κ1) is 12.0. The van der Waals surface area contributed by atoms with Gasteiger partial charge >= 0.3 is 5.97 Å². The minimum atomic E-state index is -0.232. The van der Waals surface area contributed by atoms with Crippen LogP contribution in [0.5, 0.6) is 0 Å². The van der Waals surface area contributed by atoms with Crippen molar-refractivity contribution in [3.05, 3.63) is 0 Å². The van der Waals surface area contributed by atoms with Crippen molar-refractivity contribution in [1.29, 1.82) is 0 Å². The van der Waals surface area contributed by atoms with Gasteiger partial charge in [-0.3, -0.25) is 14.5 Å². The molecular formula is C13H20N2O3. The fraction of sp³-hybridized carbons (Fsp3) is 0.846. The molecule has 0 aromatic carbocycles. The van der Waals surface area contributed by atoms with Crippen LogP contribution in [0.15, 0.2) is 0 Å². The van der Waals surface area contributed by atoms with Gasteiger partial charge in [0.15, 0.2) is 0 Å². The molecular weight excluding hydrogens is 232 g/mol. The summed E-state index contributed by atoms with van der Waals surface area (Å²) in [7, 11) is 1.39. The summed E-state index contributed by atoms with van der Waals surface area (Å²) >= 11 is 0. The first-order valence-electron chi connectivity index (χ1n) is 6.81. The highest BCUT2D eigenvalue weighted by Crippen LogP contribution is 2.41. The van der Waals surface area contributed by atoms with Crippen LogP contribution in [0.2, 0.25) is 0 Å². The van der Waals surface area contributed by atoms with Crippen molar-refractivity contribution in [2.45, 2.75) is 25.3 Å². The Bertz CT molecular complexity index is 359. The largest absolute Gasteiger partial charge is 0.469 e. The number of carbonyl (C=O) groups excluding carboxylic acids is 2. The second-order valence-corrected chi connectivity index (χ2v) is 5.56. The van der Waals surface area contributed by atoms with Crippen LogP contribution in [0.1, 0.15) is 19.3 Å². The number of hydrogen-bond donors (Lipinski definition) is 0. The van der Waals surface area contributed by atoms with Gasteiger partial charge in [0, 0.05) is 32.2 Å². The molecule has 1 amide bonds. The number of esters is 1. The normalized spacial score (nSPS) is 32.2. The highest BCUT2D eigenvalue weighted by molar-refractivity contribution is 5.90. The van der Waals surface area contributed by atoms with E-state index in [1.54, 1.807) is 0 Å². The molecule has 2 saturated carbocycles. The first-order valence-corrected chi connectivity index (χ1v) is 6.81. The lowest BCUT2D eigenvalue weighted by atomic mass is 10.2. The van der Waals surface area contributed by atoms with Crippen LogP contribution in [-0.2, 0) is 14.3 Å². The summed E-state index contributed by atoms with van der Waals surface area (Å²) in [6.45, 7) is 3.62. The second-order valence-electron chi connectivity index (χ2n) is 5.56. The van der Waals surface area contributed by atoms with Gasteiger partial charge in [0.05, 0.1) is 18.9 Å². The van der Waals surface area contributed by atoms with Gasteiger partial charge < -0.3 is 9.64 Å². The van der Waals surface area contributed by atoms with E-state index in [1.165, 1.54) is 20.0 Å². The van der Waals surface area contributed by atoms with Crippen LogP contribution in [-0.4, -0.2) is 61.0 Å². The van der Waals surface area contributed by atoms with E-state index in [4.69, 9.17) is 0 Å². The molecule has 5 heteroatoms. The van der Waals surface area contributed by atoms with Gasteiger partial charge in [0.2, 0.25) is 5.91 Å². The summed E-state index contributed by atoms with van der Waals surface area (Å²) < 4.78 is 4.68. The monoisotopic (exact) mass is 252 g/mol. The zero-order valence-electron chi connectivity index (χ0n) is 10.8. The van der Waals surface area contributed by atoms with Gasteiger partial charge in [-0.25, -0.2) is 0 Å². The molecule has 0 spiro atoms. The Kier molecular flexibility index (Phi) is 3.01. The molecule has 2 atom stereocenters. The molecule has 0 radical (unpaired) electrons. The fourth-order valence-electron chi connectivity index (χ4n) is 2.86. The standard InChI is InChI=1S/C13H20N2O3/c1-18-13(17)11-8-10(11)12(16)15-6-4-14(5-7-15)9-2-3-9/h9-11H,2-8H2,1H3/t10-,11-/m0/s1. The number of rotatable bonds is 3. The highest BCUT2D eigenvalue weighted by Gasteiger charge is 2.50. The Morgan fingerprint density at radius 3 is 2.28 bits per heavy atom. The smallest absolute Gasteiger partial charge is 0.309 e. The topological polar surface area (TPSA) is 49.9 Å². The SMILES string of the molecule is COC(=O)[C@H]1C[C@@H]1C(=O)N1CCN(C2CC2)CC1. The van der Waals surface area contributed by atoms with Crippen molar-refractivity contribution in [1.82, 2.24) is 9.80 Å². The number of hydrogen-bond acceptors (Lipinski definition) is 4. The van der Waals surface area contributed by atoms with E-state index in [0.717, 1.165) is 32.2 Å². The number of amides is 1. The number of nitrogens with zero attached hydrogens (tertiary/aromatic N) is 2. The minimum Gasteiger partial charge on any atom is -0.469 e. The van der Waals surface area contributed by atoms with E-state index >= 15 is 0 Å². The van der Waals surface area contributed by atoms with Gasteiger partial charge in [0.25, 0.3) is 0 Å². The van der Waals surface area contributed by atoms with Crippen LogP contribution in [0, 0.1) is 11.8 Å². The summed E-state index contributed by atoms with van der Waals surface area (Å²) in [5.41, 5.74) is 0. The maximum atomic E-state index is 12.2. The average Bonchev–Trinajstić information content (AvgIpc) is 3.30. The van der Waals surface area contributed by atoms with Gasteiger partial charge in [0.1, 0.15) is 0 Å². The van der Waals surface area contributed by atoms with E-state index in [0.29, 0.717) is 6.42 Å². The van der Waals surface area contributed by atoms with Crippen molar-refractivity contribution in [2.24, 2.45) is 11.8 Å². The predicted octanol–water partition coefficient (Wildman–Crippen LogP) is 0.102. The third kappa shape index (κ3) is 2.23. The van der Waals surface area contributed by atoms with E-state index in [9.17, 15) is 9.59 Å². The molecule has 2 aliphatic carbocycles. The molecule has 3 aliphatic rings. The van der Waals surface area contributed by atoms with Gasteiger partial charge in [-0.1, -0.05) is 0 Å².